The maximum Gasteiger partial charge on any atom is 0.228 e. The number of nitrogens with zero attached hydrogens (tertiary/aromatic N) is 1. The Labute approximate surface area is 137 Å². The Morgan fingerprint density at radius 1 is 1.33 bits per heavy atom. The Morgan fingerprint density at radius 2 is 2.00 bits per heavy atom. The third-order valence-electron chi connectivity index (χ3n) is 3.11. The molecule has 0 saturated carbocycles. The fraction of sp³-hybridized carbons (Fsp3) is 0.357. The molecule has 0 fully saturated rings. The Balaban J connectivity index is 2.15. The van der Waals surface area contributed by atoms with Crippen molar-refractivity contribution < 1.29 is 4.74 Å². The summed E-state index contributed by atoms with van der Waals surface area (Å²) in [7, 11) is 3.42. The van der Waals surface area contributed by atoms with E-state index in [1.165, 1.54) is 18.4 Å². The average Bonchev–Trinajstić information content (AvgIpc) is 2.72. The molecule has 1 N–H and O–H groups in total. The average molecular weight is 347 g/mol. The van der Waals surface area contributed by atoms with Crippen LogP contribution in [0, 0.1) is 6.92 Å². The number of thiophene rings is 1. The second kappa shape index (κ2) is 6.83. The summed E-state index contributed by atoms with van der Waals surface area (Å²) in [6.45, 7) is 2.92. The Kier molecular flexibility index (Phi) is 5.32. The molecule has 2 aromatic heterocycles. The van der Waals surface area contributed by atoms with Crippen molar-refractivity contribution in [2.45, 2.75) is 20.0 Å². The molecular formula is C14H16Cl2N2O2S. The zero-order chi connectivity index (χ0) is 15.6. The van der Waals surface area contributed by atoms with Gasteiger partial charge in [0, 0.05) is 24.8 Å². The molecule has 0 aliphatic rings. The molecule has 0 atom stereocenters. The first-order valence-electron chi connectivity index (χ1n) is 6.29. The molecule has 7 heteroatoms. The van der Waals surface area contributed by atoms with E-state index < -0.39 is 0 Å². The number of aromatic amines is 1. The van der Waals surface area contributed by atoms with Crippen LogP contribution in [0.4, 0.5) is 0 Å². The SMILES string of the molecule is COc1c(C)[nH]cc(CN(C)Cc2cc(Cl)sc2Cl)c1=O. The molecule has 2 heterocycles. The second-order valence-electron chi connectivity index (χ2n) is 4.82. The van der Waals surface area contributed by atoms with Gasteiger partial charge in [0.1, 0.15) is 0 Å². The fourth-order valence-corrected chi connectivity index (χ4v) is 3.60. The van der Waals surface area contributed by atoms with E-state index in [0.29, 0.717) is 33.1 Å². The summed E-state index contributed by atoms with van der Waals surface area (Å²) < 4.78 is 6.49. The number of hydrogen-bond donors (Lipinski definition) is 1. The van der Waals surface area contributed by atoms with Crippen molar-refractivity contribution >= 4 is 34.5 Å². The van der Waals surface area contributed by atoms with Gasteiger partial charge in [-0.15, -0.1) is 11.3 Å². The van der Waals surface area contributed by atoms with E-state index in [-0.39, 0.29) is 5.43 Å². The number of hydrogen-bond acceptors (Lipinski definition) is 4. The van der Waals surface area contributed by atoms with Crippen molar-refractivity contribution in [1.29, 1.82) is 0 Å². The first kappa shape index (κ1) is 16.4. The molecule has 0 aliphatic heterocycles. The van der Waals surface area contributed by atoms with E-state index in [2.05, 4.69) is 4.98 Å². The number of rotatable bonds is 5. The lowest BCUT2D eigenvalue weighted by molar-refractivity contribution is 0.316. The number of aryl methyl sites for hydroxylation is 1. The molecule has 21 heavy (non-hydrogen) atoms. The van der Waals surface area contributed by atoms with E-state index >= 15 is 0 Å². The van der Waals surface area contributed by atoms with Crippen LogP contribution in [0.25, 0.3) is 0 Å². The standard InChI is InChI=1S/C14H16Cl2N2O2S/c1-8-13(20-3)12(19)10(5-17-8)7-18(2)6-9-4-11(15)21-14(9)16/h4-5H,6-7H2,1-3H3,(H,17,19). The molecule has 0 aromatic carbocycles. The third kappa shape index (κ3) is 3.80. The lowest BCUT2D eigenvalue weighted by atomic mass is 10.2. The van der Waals surface area contributed by atoms with Gasteiger partial charge in [0.2, 0.25) is 5.43 Å². The van der Waals surface area contributed by atoms with Crippen LogP contribution in [-0.2, 0) is 13.1 Å². The zero-order valence-electron chi connectivity index (χ0n) is 12.0. The molecule has 4 nitrogen and oxygen atoms in total. The predicted molar refractivity (Wildman–Crippen MR) is 87.9 cm³/mol. The monoisotopic (exact) mass is 346 g/mol. The number of nitrogens with one attached hydrogen (secondary N) is 1. The highest BCUT2D eigenvalue weighted by Crippen LogP contribution is 2.31. The van der Waals surface area contributed by atoms with E-state index in [1.54, 1.807) is 13.1 Å². The summed E-state index contributed by atoms with van der Waals surface area (Å²) in [5, 5.41) is 0. The number of aromatic nitrogens is 1. The molecule has 2 rings (SSSR count). The van der Waals surface area contributed by atoms with Gasteiger partial charge in [0.25, 0.3) is 0 Å². The normalized spacial score (nSPS) is 11.1. The summed E-state index contributed by atoms with van der Waals surface area (Å²) in [5.74, 6) is 0.359. The highest BCUT2D eigenvalue weighted by molar-refractivity contribution is 7.20. The van der Waals surface area contributed by atoms with E-state index in [0.717, 1.165) is 11.3 Å². The van der Waals surface area contributed by atoms with Crippen molar-refractivity contribution in [3.8, 4) is 5.75 Å². The summed E-state index contributed by atoms with van der Waals surface area (Å²) in [6, 6.07) is 1.85. The molecule has 0 spiro atoms. The summed E-state index contributed by atoms with van der Waals surface area (Å²) in [4.78, 5) is 17.3. The molecule has 0 bridgehead atoms. The van der Waals surface area contributed by atoms with Gasteiger partial charge in [0.05, 0.1) is 21.5 Å². The van der Waals surface area contributed by atoms with Gasteiger partial charge in [-0.2, -0.15) is 0 Å². The van der Waals surface area contributed by atoms with Crippen molar-refractivity contribution in [3.63, 3.8) is 0 Å². The van der Waals surface area contributed by atoms with Crippen LogP contribution < -0.4 is 10.2 Å². The summed E-state index contributed by atoms with van der Waals surface area (Å²) in [6.07, 6.45) is 1.72. The number of ether oxygens (including phenoxy) is 1. The maximum atomic E-state index is 12.3. The maximum absolute atomic E-state index is 12.3. The smallest absolute Gasteiger partial charge is 0.228 e. The van der Waals surface area contributed by atoms with Gasteiger partial charge < -0.3 is 9.72 Å². The van der Waals surface area contributed by atoms with Gasteiger partial charge in [-0.3, -0.25) is 9.69 Å². The first-order valence-corrected chi connectivity index (χ1v) is 7.87. The van der Waals surface area contributed by atoms with Crippen molar-refractivity contribution in [1.82, 2.24) is 9.88 Å². The van der Waals surface area contributed by atoms with Gasteiger partial charge in [-0.25, -0.2) is 0 Å². The molecule has 0 amide bonds. The third-order valence-corrected chi connectivity index (χ3v) is 4.68. The van der Waals surface area contributed by atoms with E-state index in [4.69, 9.17) is 27.9 Å². The quantitative estimate of drug-likeness (QED) is 0.897. The van der Waals surface area contributed by atoms with Crippen LogP contribution in [0.15, 0.2) is 17.1 Å². The van der Waals surface area contributed by atoms with Crippen LogP contribution in [0.1, 0.15) is 16.8 Å². The van der Waals surface area contributed by atoms with Crippen LogP contribution in [0.3, 0.4) is 0 Å². The molecule has 114 valence electrons. The first-order chi connectivity index (χ1) is 9.92. The van der Waals surface area contributed by atoms with Crippen molar-refractivity contribution in [3.05, 3.63) is 48.0 Å². The highest BCUT2D eigenvalue weighted by Gasteiger charge is 2.13. The highest BCUT2D eigenvalue weighted by atomic mass is 35.5. The van der Waals surface area contributed by atoms with E-state index in [9.17, 15) is 4.79 Å². The lowest BCUT2D eigenvalue weighted by Gasteiger charge is -2.16. The van der Waals surface area contributed by atoms with Gasteiger partial charge in [0.15, 0.2) is 5.75 Å². The van der Waals surface area contributed by atoms with Gasteiger partial charge in [-0.05, 0) is 25.6 Å². The Hall–Kier alpha value is -1.01. The molecule has 2 aromatic rings. The number of pyridine rings is 1. The van der Waals surface area contributed by atoms with Crippen molar-refractivity contribution in [2.24, 2.45) is 0 Å². The zero-order valence-corrected chi connectivity index (χ0v) is 14.3. The lowest BCUT2D eigenvalue weighted by Crippen LogP contribution is -2.23. The molecular weight excluding hydrogens is 331 g/mol. The molecule has 0 saturated heterocycles. The number of methoxy groups -OCH3 is 1. The number of H-pyrrole nitrogens is 1. The predicted octanol–water partition coefficient (Wildman–Crippen LogP) is 3.69. The molecule has 0 aliphatic carbocycles. The minimum absolute atomic E-state index is 0.0879. The summed E-state index contributed by atoms with van der Waals surface area (Å²) in [5.41, 5.74) is 2.25. The van der Waals surface area contributed by atoms with E-state index in [1.807, 2.05) is 18.0 Å². The molecule has 0 unspecified atom stereocenters. The minimum Gasteiger partial charge on any atom is -0.491 e. The minimum atomic E-state index is -0.0879. The second-order valence-corrected chi connectivity index (χ2v) is 7.11. The van der Waals surface area contributed by atoms with Crippen LogP contribution >= 0.6 is 34.5 Å². The van der Waals surface area contributed by atoms with Gasteiger partial charge in [-0.1, -0.05) is 23.2 Å². The Bertz CT molecular complexity index is 697. The number of halogens is 2. The van der Waals surface area contributed by atoms with Crippen molar-refractivity contribution in [2.75, 3.05) is 14.2 Å². The summed E-state index contributed by atoms with van der Waals surface area (Å²) >= 11 is 13.4. The Morgan fingerprint density at radius 3 is 2.57 bits per heavy atom. The van der Waals surface area contributed by atoms with Gasteiger partial charge >= 0.3 is 0 Å². The van der Waals surface area contributed by atoms with Crippen LogP contribution in [-0.4, -0.2) is 24.0 Å². The molecule has 0 radical (unpaired) electrons. The van der Waals surface area contributed by atoms with Crippen LogP contribution in [0.5, 0.6) is 5.75 Å². The topological polar surface area (TPSA) is 45.3 Å². The van der Waals surface area contributed by atoms with Crippen LogP contribution in [0.2, 0.25) is 8.67 Å². The fourth-order valence-electron chi connectivity index (χ4n) is 2.13. The largest absolute Gasteiger partial charge is 0.491 e.